The molecule has 30 heavy (non-hydrogen) atoms. The average Bonchev–Trinajstić information content (AvgIpc) is 2.74. The molecule has 0 radical (unpaired) electrons. The van der Waals surface area contributed by atoms with Gasteiger partial charge in [0.15, 0.2) is 0 Å². The number of ether oxygens (including phenoxy) is 1. The first-order chi connectivity index (χ1) is 14.2. The molecule has 158 valence electrons. The zero-order valence-corrected chi connectivity index (χ0v) is 16.7. The summed E-state index contributed by atoms with van der Waals surface area (Å²) in [6, 6.07) is 17.1. The lowest BCUT2D eigenvalue weighted by molar-refractivity contribution is -0.137. The summed E-state index contributed by atoms with van der Waals surface area (Å²) in [6.45, 7) is 0.640. The normalized spacial score (nSPS) is 10.6. The summed E-state index contributed by atoms with van der Waals surface area (Å²) in [7, 11) is 1.46. The van der Waals surface area contributed by atoms with E-state index in [1.807, 2.05) is 30.3 Å². The van der Waals surface area contributed by atoms with Crippen molar-refractivity contribution < 1.29 is 22.7 Å². The quantitative estimate of drug-likeness (QED) is 0.553. The highest BCUT2D eigenvalue weighted by atomic mass is 35.5. The zero-order valence-electron chi connectivity index (χ0n) is 15.9. The Morgan fingerprint density at radius 2 is 1.83 bits per heavy atom. The van der Waals surface area contributed by atoms with Crippen LogP contribution in [-0.2, 0) is 12.7 Å². The molecule has 0 unspecified atom stereocenters. The number of hydrogen-bond donors (Lipinski definition) is 2. The molecule has 0 atom stereocenters. The molecule has 1 heterocycles. The van der Waals surface area contributed by atoms with Gasteiger partial charge in [0, 0.05) is 24.5 Å². The summed E-state index contributed by atoms with van der Waals surface area (Å²) in [5.41, 5.74) is 5.51. The van der Waals surface area contributed by atoms with Gasteiger partial charge in [-0.25, -0.2) is 4.98 Å². The number of alkyl halides is 3. The number of carbonyl (C=O) groups excluding carboxylic acids is 1. The number of pyridine rings is 1. The highest BCUT2D eigenvalue weighted by molar-refractivity contribution is 6.30. The fourth-order valence-corrected chi connectivity index (χ4v) is 2.50. The molecule has 0 spiro atoms. The number of nitrogens with one attached hydrogen (secondary N) is 1. The number of aromatic nitrogens is 1. The second-order valence-corrected chi connectivity index (χ2v) is 6.29. The van der Waals surface area contributed by atoms with Gasteiger partial charge in [-0.2, -0.15) is 13.2 Å². The van der Waals surface area contributed by atoms with Gasteiger partial charge in [-0.3, -0.25) is 4.79 Å². The van der Waals surface area contributed by atoms with E-state index in [1.165, 1.54) is 18.7 Å². The second-order valence-electron chi connectivity index (χ2n) is 5.94. The van der Waals surface area contributed by atoms with Crippen molar-refractivity contribution in [3.8, 4) is 5.75 Å². The molecule has 0 fully saturated rings. The third-order valence-corrected chi connectivity index (χ3v) is 4.11. The molecule has 2 aromatic carbocycles. The van der Waals surface area contributed by atoms with Crippen LogP contribution in [0.3, 0.4) is 0 Å². The van der Waals surface area contributed by atoms with E-state index in [1.54, 1.807) is 18.2 Å². The summed E-state index contributed by atoms with van der Waals surface area (Å²) >= 11 is 5.41. The van der Waals surface area contributed by atoms with Crippen molar-refractivity contribution in [3.05, 3.63) is 88.7 Å². The smallest absolute Gasteiger partial charge is 0.419 e. The van der Waals surface area contributed by atoms with Crippen LogP contribution in [0.4, 0.5) is 18.9 Å². The Kier molecular flexibility index (Phi) is 8.20. The van der Waals surface area contributed by atoms with Crippen LogP contribution in [-0.4, -0.2) is 18.0 Å². The maximum absolute atomic E-state index is 12.7. The highest BCUT2D eigenvalue weighted by Crippen LogP contribution is 2.34. The van der Waals surface area contributed by atoms with E-state index >= 15 is 0 Å². The monoisotopic (exact) mass is 437 g/mol. The Morgan fingerprint density at radius 3 is 2.40 bits per heavy atom. The fraction of sp³-hybridized carbons (Fsp3) is 0.143. The maximum Gasteiger partial charge on any atom is 0.419 e. The molecular weight excluding hydrogens is 419 g/mol. The minimum atomic E-state index is -4.68. The number of rotatable bonds is 4. The van der Waals surface area contributed by atoms with Crippen LogP contribution in [0.15, 0.2) is 66.9 Å². The molecule has 3 N–H and O–H groups in total. The molecule has 3 rings (SSSR count). The number of amides is 1. The number of methoxy groups -OCH3 is 1. The average molecular weight is 438 g/mol. The molecule has 0 aliphatic rings. The Morgan fingerprint density at radius 1 is 1.13 bits per heavy atom. The van der Waals surface area contributed by atoms with Gasteiger partial charge in [0.25, 0.3) is 5.91 Å². The van der Waals surface area contributed by atoms with Crippen LogP contribution in [0.25, 0.3) is 0 Å². The number of anilines is 1. The molecule has 1 amide bonds. The molecule has 0 saturated carbocycles. The van der Waals surface area contributed by atoms with Gasteiger partial charge < -0.3 is 15.8 Å². The van der Waals surface area contributed by atoms with Crippen molar-refractivity contribution in [1.82, 2.24) is 4.98 Å². The molecule has 0 saturated heterocycles. The first-order valence-corrected chi connectivity index (χ1v) is 9.04. The topological polar surface area (TPSA) is 77.2 Å². The predicted octanol–water partition coefficient (Wildman–Crippen LogP) is 5.16. The third kappa shape index (κ3) is 6.75. The highest BCUT2D eigenvalue weighted by Gasteiger charge is 2.34. The largest absolute Gasteiger partial charge is 0.497 e. The minimum Gasteiger partial charge on any atom is -0.497 e. The van der Waals surface area contributed by atoms with E-state index in [0.29, 0.717) is 24.0 Å². The first kappa shape index (κ1) is 23.2. The van der Waals surface area contributed by atoms with Crippen LogP contribution >= 0.6 is 11.6 Å². The standard InChI is InChI=1S/C14H10ClF3N2O2.C7H9N/c1-22-10-4-2-3-9(6-10)20-13(21)8-5-11(14(16,17)18)12(15)19-7-8;8-6-7-4-2-1-3-5-7/h2-7H,1H3,(H,20,21);1-5H,6,8H2. The van der Waals surface area contributed by atoms with E-state index < -0.39 is 22.8 Å². The van der Waals surface area contributed by atoms with E-state index in [0.717, 1.165) is 6.20 Å². The molecular formula is C21H19ClF3N3O2. The van der Waals surface area contributed by atoms with Crippen LogP contribution in [0.1, 0.15) is 21.5 Å². The van der Waals surface area contributed by atoms with Crippen LogP contribution in [0.5, 0.6) is 5.75 Å². The summed E-state index contributed by atoms with van der Waals surface area (Å²) in [5, 5.41) is 1.76. The molecule has 5 nitrogen and oxygen atoms in total. The van der Waals surface area contributed by atoms with Crippen molar-refractivity contribution in [1.29, 1.82) is 0 Å². The molecule has 1 aromatic heterocycles. The van der Waals surface area contributed by atoms with Crippen molar-refractivity contribution in [3.63, 3.8) is 0 Å². The van der Waals surface area contributed by atoms with Gasteiger partial charge in [0.05, 0.1) is 18.2 Å². The number of carbonyl (C=O) groups is 1. The van der Waals surface area contributed by atoms with Gasteiger partial charge in [-0.05, 0) is 23.8 Å². The summed E-state index contributed by atoms with van der Waals surface area (Å²) in [6.07, 6.45) is -3.70. The lowest BCUT2D eigenvalue weighted by atomic mass is 10.2. The molecule has 9 heteroatoms. The fourth-order valence-electron chi connectivity index (χ4n) is 2.29. The minimum absolute atomic E-state index is 0.250. The van der Waals surface area contributed by atoms with Crippen molar-refractivity contribution in [2.75, 3.05) is 12.4 Å². The number of nitrogens with zero attached hydrogens (tertiary/aromatic N) is 1. The van der Waals surface area contributed by atoms with E-state index in [2.05, 4.69) is 10.3 Å². The number of hydrogen-bond acceptors (Lipinski definition) is 4. The zero-order chi connectivity index (χ0) is 22.1. The van der Waals surface area contributed by atoms with E-state index in [4.69, 9.17) is 22.1 Å². The van der Waals surface area contributed by atoms with Gasteiger partial charge in [-0.15, -0.1) is 0 Å². The molecule has 0 bridgehead atoms. The summed E-state index contributed by atoms with van der Waals surface area (Å²) < 4.78 is 43.2. The summed E-state index contributed by atoms with van der Waals surface area (Å²) in [5.74, 6) is -0.231. The van der Waals surface area contributed by atoms with Crippen LogP contribution < -0.4 is 15.8 Å². The predicted molar refractivity (Wildman–Crippen MR) is 110 cm³/mol. The number of nitrogens with two attached hydrogens (primary N) is 1. The lowest BCUT2D eigenvalue weighted by Crippen LogP contribution is -2.15. The summed E-state index contributed by atoms with van der Waals surface area (Å²) in [4.78, 5) is 15.4. The van der Waals surface area contributed by atoms with Gasteiger partial charge in [0.2, 0.25) is 0 Å². The molecule has 0 aliphatic carbocycles. The second kappa shape index (κ2) is 10.6. The Bertz CT molecular complexity index is 983. The van der Waals surface area contributed by atoms with E-state index in [-0.39, 0.29) is 5.56 Å². The van der Waals surface area contributed by atoms with Crippen molar-refractivity contribution >= 4 is 23.2 Å². The van der Waals surface area contributed by atoms with Gasteiger partial charge in [-0.1, -0.05) is 48.0 Å². The number of benzene rings is 2. The van der Waals surface area contributed by atoms with Crippen LogP contribution in [0, 0.1) is 0 Å². The van der Waals surface area contributed by atoms with Crippen molar-refractivity contribution in [2.45, 2.75) is 12.7 Å². The number of halogens is 4. The van der Waals surface area contributed by atoms with Crippen LogP contribution in [0.2, 0.25) is 5.15 Å². The van der Waals surface area contributed by atoms with Gasteiger partial charge in [0.1, 0.15) is 10.9 Å². The Labute approximate surface area is 176 Å². The Balaban J connectivity index is 0.000000335. The molecule has 0 aliphatic heterocycles. The van der Waals surface area contributed by atoms with Crippen molar-refractivity contribution in [2.24, 2.45) is 5.73 Å². The SMILES string of the molecule is COc1cccc(NC(=O)c2cnc(Cl)c(C(F)(F)F)c2)c1.NCc1ccccc1. The third-order valence-electron chi connectivity index (χ3n) is 3.81. The Hall–Kier alpha value is -3.10. The maximum atomic E-state index is 12.7. The van der Waals surface area contributed by atoms with E-state index in [9.17, 15) is 18.0 Å². The lowest BCUT2D eigenvalue weighted by Gasteiger charge is -2.11. The first-order valence-electron chi connectivity index (χ1n) is 8.66. The molecule has 3 aromatic rings. The van der Waals surface area contributed by atoms with Gasteiger partial charge >= 0.3 is 6.18 Å².